The fourth-order valence-electron chi connectivity index (χ4n) is 3.17. The van der Waals surface area contributed by atoms with Crippen molar-refractivity contribution in [1.29, 1.82) is 0 Å². The van der Waals surface area contributed by atoms with Gasteiger partial charge in [-0.1, -0.05) is 34.5 Å². The molecule has 1 amide bonds. The van der Waals surface area contributed by atoms with Gasteiger partial charge in [-0.3, -0.25) is 4.79 Å². The Labute approximate surface area is 143 Å². The summed E-state index contributed by atoms with van der Waals surface area (Å²) in [6.07, 6.45) is 4.83. The molecule has 0 unspecified atom stereocenters. The van der Waals surface area contributed by atoms with E-state index in [-0.39, 0.29) is 5.91 Å². The fraction of sp³-hybridized carbons (Fsp3) is 0.412. The highest BCUT2D eigenvalue weighted by Crippen LogP contribution is 2.36. The quantitative estimate of drug-likeness (QED) is 0.843. The fourth-order valence-corrected chi connectivity index (χ4v) is 3.94. The summed E-state index contributed by atoms with van der Waals surface area (Å²) >= 11 is 4.80. The molecule has 1 heterocycles. The highest BCUT2D eigenvalue weighted by atomic mass is 79.9. The summed E-state index contributed by atoms with van der Waals surface area (Å²) in [4.78, 5) is 12.0. The molecule has 22 heavy (non-hydrogen) atoms. The van der Waals surface area contributed by atoms with Crippen LogP contribution in [-0.4, -0.2) is 16.8 Å². The van der Waals surface area contributed by atoms with E-state index in [2.05, 4.69) is 49.9 Å². The van der Waals surface area contributed by atoms with Crippen molar-refractivity contribution in [2.24, 2.45) is 5.92 Å². The van der Waals surface area contributed by atoms with Gasteiger partial charge >= 0.3 is 0 Å². The second-order valence-corrected chi connectivity index (χ2v) is 7.46. The number of nitrogens with one attached hydrogen (secondary N) is 1. The number of rotatable bonds is 4. The Kier molecular flexibility index (Phi) is 5.26. The van der Waals surface area contributed by atoms with Gasteiger partial charge in [-0.05, 0) is 66.4 Å². The molecular formula is C17H19BrN2OS. The number of aromatic nitrogens is 1. The second kappa shape index (κ2) is 7.38. The lowest BCUT2D eigenvalue weighted by Crippen LogP contribution is -2.31. The van der Waals surface area contributed by atoms with Crippen LogP contribution >= 0.6 is 27.5 Å². The smallest absolute Gasteiger partial charge is 0.270 e. The number of hydrogen-bond donors (Lipinski definition) is 1. The molecule has 0 spiro atoms. The Morgan fingerprint density at radius 2 is 2.09 bits per heavy atom. The molecule has 3 rings (SSSR count). The number of amides is 1. The topological polar surface area (TPSA) is 42.0 Å². The first-order valence-corrected chi connectivity index (χ1v) is 9.29. The molecular weight excluding hydrogens is 360 g/mol. The lowest BCUT2D eigenvalue weighted by atomic mass is 9.78. The maximum Gasteiger partial charge on any atom is 0.270 e. The Morgan fingerprint density at radius 3 is 2.82 bits per heavy atom. The van der Waals surface area contributed by atoms with Gasteiger partial charge in [0.1, 0.15) is 5.69 Å². The molecule has 1 N–H and O–H groups in total. The second-order valence-electron chi connectivity index (χ2n) is 5.88. The lowest BCUT2D eigenvalue weighted by Gasteiger charge is -2.29. The summed E-state index contributed by atoms with van der Waals surface area (Å²) in [5, 5.41) is 4.87. The first-order chi connectivity index (χ1) is 10.7. The van der Waals surface area contributed by atoms with Crippen molar-refractivity contribution >= 4 is 33.4 Å². The van der Waals surface area contributed by atoms with E-state index in [1.807, 2.05) is 5.38 Å². The number of benzene rings is 1. The zero-order valence-electron chi connectivity index (χ0n) is 12.3. The van der Waals surface area contributed by atoms with Crippen molar-refractivity contribution in [3.05, 3.63) is 51.4 Å². The highest BCUT2D eigenvalue weighted by Gasteiger charge is 2.23. The van der Waals surface area contributed by atoms with Crippen molar-refractivity contribution in [2.45, 2.75) is 31.6 Å². The molecule has 1 saturated carbocycles. The molecule has 2 aromatic rings. The van der Waals surface area contributed by atoms with E-state index >= 15 is 0 Å². The summed E-state index contributed by atoms with van der Waals surface area (Å²) in [6.45, 7) is 0.753. The van der Waals surface area contributed by atoms with Crippen molar-refractivity contribution in [1.82, 2.24) is 9.69 Å². The molecule has 3 nitrogen and oxygen atoms in total. The zero-order valence-corrected chi connectivity index (χ0v) is 14.7. The van der Waals surface area contributed by atoms with Crippen LogP contribution < -0.4 is 5.32 Å². The van der Waals surface area contributed by atoms with Crippen LogP contribution in [-0.2, 0) is 0 Å². The molecule has 0 bridgehead atoms. The average Bonchev–Trinajstić information content (AvgIpc) is 3.08. The Morgan fingerprint density at radius 1 is 1.27 bits per heavy atom. The third-order valence-electron chi connectivity index (χ3n) is 4.35. The largest absolute Gasteiger partial charge is 0.350 e. The monoisotopic (exact) mass is 378 g/mol. The van der Waals surface area contributed by atoms with Crippen molar-refractivity contribution in [3.63, 3.8) is 0 Å². The number of hydrogen-bond acceptors (Lipinski definition) is 3. The molecule has 2 atom stereocenters. The molecule has 1 fully saturated rings. The molecule has 1 aliphatic carbocycles. The third-order valence-corrected chi connectivity index (χ3v) is 5.43. The standard InChI is InChI=1S/C17H19BrN2OS/c18-15-6-4-13(5-7-15)14-3-1-2-12(10-14)11-19-17(21)16-8-9-22-20-16/h4-9,12,14H,1-3,10-11H2,(H,19,21)/t12-,14-/m1/s1. The Balaban J connectivity index is 1.54. The van der Waals surface area contributed by atoms with E-state index in [9.17, 15) is 4.79 Å². The first-order valence-electron chi connectivity index (χ1n) is 7.66. The number of carbonyl (C=O) groups is 1. The van der Waals surface area contributed by atoms with Gasteiger partial charge in [0.2, 0.25) is 0 Å². The SMILES string of the molecule is O=C(NC[C@@H]1CCC[C@@H](c2ccc(Br)cc2)C1)c1ccsn1. The van der Waals surface area contributed by atoms with Crippen molar-refractivity contribution in [2.75, 3.05) is 6.54 Å². The van der Waals surface area contributed by atoms with Crippen LogP contribution in [0.25, 0.3) is 0 Å². The Bertz CT molecular complexity index is 612. The minimum absolute atomic E-state index is 0.0491. The zero-order chi connectivity index (χ0) is 15.4. The maximum atomic E-state index is 12.0. The summed E-state index contributed by atoms with van der Waals surface area (Å²) in [7, 11) is 0. The first kappa shape index (κ1) is 15.7. The third kappa shape index (κ3) is 3.96. The van der Waals surface area contributed by atoms with Crippen LogP contribution in [0.3, 0.4) is 0 Å². The van der Waals surface area contributed by atoms with Gasteiger partial charge < -0.3 is 5.32 Å². The van der Waals surface area contributed by atoms with Gasteiger partial charge in [-0.15, -0.1) is 0 Å². The van der Waals surface area contributed by atoms with Crippen LogP contribution in [0.5, 0.6) is 0 Å². The van der Waals surface area contributed by atoms with E-state index in [0.29, 0.717) is 17.5 Å². The van der Waals surface area contributed by atoms with Crippen LogP contribution in [0.1, 0.15) is 47.7 Å². The van der Waals surface area contributed by atoms with E-state index in [1.54, 1.807) is 6.07 Å². The normalized spacial score (nSPS) is 21.5. The molecule has 0 saturated heterocycles. The summed E-state index contributed by atoms with van der Waals surface area (Å²) in [5.74, 6) is 1.13. The highest BCUT2D eigenvalue weighted by molar-refractivity contribution is 9.10. The number of halogens is 1. The summed E-state index contributed by atoms with van der Waals surface area (Å²) in [6, 6.07) is 10.4. The van der Waals surface area contributed by atoms with Gasteiger partial charge in [0.25, 0.3) is 5.91 Å². The summed E-state index contributed by atoms with van der Waals surface area (Å²) < 4.78 is 5.20. The maximum absolute atomic E-state index is 12.0. The predicted molar refractivity (Wildman–Crippen MR) is 93.3 cm³/mol. The molecule has 1 aliphatic rings. The minimum atomic E-state index is -0.0491. The Hall–Kier alpha value is -1.20. The minimum Gasteiger partial charge on any atom is -0.350 e. The van der Waals surface area contributed by atoms with E-state index in [4.69, 9.17) is 0 Å². The van der Waals surface area contributed by atoms with E-state index in [0.717, 1.165) is 17.4 Å². The van der Waals surface area contributed by atoms with Gasteiger partial charge in [0.05, 0.1) is 0 Å². The number of carbonyl (C=O) groups excluding carboxylic acids is 1. The van der Waals surface area contributed by atoms with Gasteiger partial charge in [-0.25, -0.2) is 0 Å². The van der Waals surface area contributed by atoms with Gasteiger partial charge in [-0.2, -0.15) is 4.37 Å². The number of nitrogens with zero attached hydrogens (tertiary/aromatic N) is 1. The average molecular weight is 379 g/mol. The van der Waals surface area contributed by atoms with E-state index in [1.165, 1.54) is 36.4 Å². The molecule has 0 aliphatic heterocycles. The van der Waals surface area contributed by atoms with Crippen molar-refractivity contribution < 1.29 is 4.79 Å². The van der Waals surface area contributed by atoms with Gasteiger partial charge in [0.15, 0.2) is 0 Å². The van der Waals surface area contributed by atoms with Crippen LogP contribution in [0.15, 0.2) is 40.2 Å². The molecule has 0 radical (unpaired) electrons. The van der Waals surface area contributed by atoms with Crippen LogP contribution in [0.2, 0.25) is 0 Å². The predicted octanol–water partition coefficient (Wildman–Crippen LogP) is 4.61. The van der Waals surface area contributed by atoms with Crippen LogP contribution in [0.4, 0.5) is 0 Å². The lowest BCUT2D eigenvalue weighted by molar-refractivity contribution is 0.0938. The summed E-state index contributed by atoms with van der Waals surface area (Å²) in [5.41, 5.74) is 1.95. The molecule has 1 aromatic heterocycles. The van der Waals surface area contributed by atoms with Crippen LogP contribution in [0, 0.1) is 5.92 Å². The van der Waals surface area contributed by atoms with Crippen molar-refractivity contribution in [3.8, 4) is 0 Å². The molecule has 1 aromatic carbocycles. The van der Waals surface area contributed by atoms with Gasteiger partial charge in [0, 0.05) is 16.4 Å². The molecule has 116 valence electrons. The van der Waals surface area contributed by atoms with E-state index < -0.39 is 0 Å². The molecule has 5 heteroatoms.